The van der Waals surface area contributed by atoms with Crippen molar-refractivity contribution in [3.63, 3.8) is 0 Å². The van der Waals surface area contributed by atoms with Gasteiger partial charge >= 0.3 is 11.9 Å². The van der Waals surface area contributed by atoms with Crippen LogP contribution in [-0.4, -0.2) is 42.4 Å². The van der Waals surface area contributed by atoms with E-state index in [0.717, 1.165) is 5.56 Å². The van der Waals surface area contributed by atoms with E-state index in [4.69, 9.17) is 4.84 Å². The lowest BCUT2D eigenvalue weighted by molar-refractivity contribution is -0.770. The molecule has 0 aliphatic carbocycles. The van der Waals surface area contributed by atoms with Crippen LogP contribution in [0.4, 0.5) is 0 Å². The third-order valence-corrected chi connectivity index (χ3v) is 4.25. The van der Waals surface area contributed by atoms with Gasteiger partial charge in [0.1, 0.15) is 0 Å². The number of esters is 2. The fraction of sp³-hybridized carbons (Fsp3) is 0.500. The maximum atomic E-state index is 12.5. The summed E-state index contributed by atoms with van der Waals surface area (Å²) in [5, 5.41) is 12.5. The number of methoxy groups -OCH3 is 2. The lowest BCUT2D eigenvalue weighted by Gasteiger charge is -2.36. The molecule has 0 saturated heterocycles. The monoisotopic (exact) mass is 349 g/mol. The Morgan fingerprint density at radius 1 is 1.24 bits per heavy atom. The second-order valence-electron chi connectivity index (χ2n) is 6.57. The summed E-state index contributed by atoms with van der Waals surface area (Å²) in [4.78, 5) is 29.8. The van der Waals surface area contributed by atoms with E-state index in [2.05, 4.69) is 9.47 Å². The highest BCUT2D eigenvalue weighted by Crippen LogP contribution is 2.35. The molecular weight excluding hydrogens is 326 g/mol. The minimum absolute atomic E-state index is 0.127. The summed E-state index contributed by atoms with van der Waals surface area (Å²) in [5.74, 6) is -2.98. The second-order valence-corrected chi connectivity index (χ2v) is 6.57. The molecule has 0 amide bonds. The van der Waals surface area contributed by atoms with Crippen LogP contribution in [0.3, 0.4) is 0 Å². The molecule has 1 heterocycles. The van der Waals surface area contributed by atoms with Gasteiger partial charge in [0, 0.05) is 4.90 Å². The van der Waals surface area contributed by atoms with Crippen LogP contribution >= 0.6 is 0 Å². The maximum Gasteiger partial charge on any atom is 0.320 e. The third kappa shape index (κ3) is 4.29. The van der Waals surface area contributed by atoms with Crippen molar-refractivity contribution in [2.75, 3.05) is 14.2 Å². The first-order chi connectivity index (χ1) is 11.8. The van der Waals surface area contributed by atoms with Crippen molar-refractivity contribution in [2.24, 2.45) is 5.92 Å². The molecule has 7 heteroatoms. The van der Waals surface area contributed by atoms with Crippen molar-refractivity contribution in [1.29, 1.82) is 0 Å². The molecule has 7 nitrogen and oxygen atoms in total. The van der Waals surface area contributed by atoms with Crippen LogP contribution in [-0.2, 0) is 23.9 Å². The molecule has 0 unspecified atom stereocenters. The van der Waals surface area contributed by atoms with Crippen molar-refractivity contribution in [3.8, 4) is 0 Å². The lowest BCUT2D eigenvalue weighted by atomic mass is 9.80. The van der Waals surface area contributed by atoms with Gasteiger partial charge in [0.05, 0.1) is 32.2 Å². The zero-order valence-corrected chi connectivity index (χ0v) is 14.9. The Morgan fingerprint density at radius 2 is 1.80 bits per heavy atom. The SMILES string of the molecule is COC(=O)C(CC1=[N+]([O-])OC(C)(C)C[C@@H]1c1ccccc1)C(=O)OC. The van der Waals surface area contributed by atoms with Gasteiger partial charge in [-0.15, -0.1) is 0 Å². The van der Waals surface area contributed by atoms with Crippen LogP contribution < -0.4 is 0 Å². The molecule has 1 aromatic carbocycles. The van der Waals surface area contributed by atoms with Crippen LogP contribution in [0.25, 0.3) is 0 Å². The van der Waals surface area contributed by atoms with E-state index in [9.17, 15) is 14.8 Å². The van der Waals surface area contributed by atoms with Gasteiger partial charge in [0.2, 0.25) is 5.71 Å². The smallest absolute Gasteiger partial charge is 0.320 e. The summed E-state index contributed by atoms with van der Waals surface area (Å²) in [5.41, 5.74) is 0.548. The van der Waals surface area contributed by atoms with E-state index >= 15 is 0 Å². The Morgan fingerprint density at radius 3 is 2.32 bits per heavy atom. The zero-order valence-electron chi connectivity index (χ0n) is 14.9. The average molecular weight is 349 g/mol. The Hall–Kier alpha value is -2.57. The van der Waals surface area contributed by atoms with Crippen molar-refractivity contribution in [3.05, 3.63) is 41.1 Å². The van der Waals surface area contributed by atoms with Crippen LogP contribution in [0, 0.1) is 11.1 Å². The van der Waals surface area contributed by atoms with E-state index in [1.165, 1.54) is 14.2 Å². The standard InChI is InChI=1S/C18H23NO6/c1-18(2)11-14(12-8-6-5-7-9-12)15(19(22)25-18)10-13(16(20)23-3)17(21)24-4/h5-9,13-14H,10-11H2,1-4H3/t14-/m1/s1. The highest BCUT2D eigenvalue weighted by molar-refractivity contribution is 6.00. The van der Waals surface area contributed by atoms with Crippen LogP contribution in [0.5, 0.6) is 0 Å². The van der Waals surface area contributed by atoms with Crippen molar-refractivity contribution >= 4 is 17.7 Å². The van der Waals surface area contributed by atoms with Gasteiger partial charge < -0.3 is 14.3 Å². The topological polar surface area (TPSA) is 87.9 Å². The normalized spacial score (nSPS) is 19.3. The first-order valence-electron chi connectivity index (χ1n) is 8.01. The van der Waals surface area contributed by atoms with Gasteiger partial charge in [0.25, 0.3) is 0 Å². The molecule has 0 saturated carbocycles. The third-order valence-electron chi connectivity index (χ3n) is 4.25. The molecule has 1 aromatic rings. The molecule has 25 heavy (non-hydrogen) atoms. The maximum absolute atomic E-state index is 12.5. The fourth-order valence-electron chi connectivity index (χ4n) is 3.03. The number of nitrogens with zero attached hydrogens (tertiary/aromatic N) is 1. The summed E-state index contributed by atoms with van der Waals surface area (Å²) in [6.45, 7) is 3.64. The molecule has 0 fully saturated rings. The first kappa shape index (κ1) is 18.8. The molecule has 1 atom stereocenters. The Balaban J connectivity index is 2.42. The van der Waals surface area contributed by atoms with Crippen molar-refractivity contribution in [1.82, 2.24) is 0 Å². The van der Waals surface area contributed by atoms with Crippen LogP contribution in [0.1, 0.15) is 38.2 Å². The van der Waals surface area contributed by atoms with Crippen LogP contribution in [0.15, 0.2) is 30.3 Å². The van der Waals surface area contributed by atoms with Crippen molar-refractivity contribution in [2.45, 2.75) is 38.2 Å². The number of ether oxygens (including phenoxy) is 2. The minimum Gasteiger partial charge on any atom is -0.468 e. The van der Waals surface area contributed by atoms with Gasteiger partial charge in [-0.05, 0) is 25.8 Å². The van der Waals surface area contributed by atoms with E-state index in [-0.39, 0.29) is 12.3 Å². The predicted molar refractivity (Wildman–Crippen MR) is 89.7 cm³/mol. The van der Waals surface area contributed by atoms with Gasteiger partial charge in [-0.3, -0.25) is 14.8 Å². The molecule has 136 valence electrons. The summed E-state index contributed by atoms with van der Waals surface area (Å²) < 4.78 is 9.36. The van der Waals surface area contributed by atoms with Crippen LogP contribution in [0.2, 0.25) is 0 Å². The molecule has 0 aromatic heterocycles. The van der Waals surface area contributed by atoms with Gasteiger partial charge in [0.15, 0.2) is 5.92 Å². The first-order valence-corrected chi connectivity index (χ1v) is 8.01. The summed E-state index contributed by atoms with van der Waals surface area (Å²) >= 11 is 0. The minimum atomic E-state index is -1.21. The molecule has 1 aliphatic rings. The summed E-state index contributed by atoms with van der Waals surface area (Å²) in [6.07, 6.45) is 0.415. The predicted octanol–water partition coefficient (Wildman–Crippen LogP) is 2.19. The Kier molecular flexibility index (Phi) is 5.66. The van der Waals surface area contributed by atoms with E-state index in [0.29, 0.717) is 17.0 Å². The van der Waals surface area contributed by atoms with E-state index < -0.39 is 23.5 Å². The number of hydrogen-bond acceptors (Lipinski definition) is 6. The second kappa shape index (κ2) is 7.55. The van der Waals surface area contributed by atoms with Crippen molar-refractivity contribution < 1.29 is 28.8 Å². The molecule has 1 aliphatic heterocycles. The van der Waals surface area contributed by atoms with E-state index in [1.54, 1.807) is 0 Å². The molecule has 0 radical (unpaired) electrons. The number of carbonyl (C=O) groups is 2. The highest BCUT2D eigenvalue weighted by atomic mass is 16.9. The lowest BCUT2D eigenvalue weighted by Crippen LogP contribution is -2.43. The largest absolute Gasteiger partial charge is 0.468 e. The quantitative estimate of drug-likeness (QED) is 0.460. The van der Waals surface area contributed by atoms with Gasteiger partial charge in [-0.2, -0.15) is 0 Å². The molecule has 0 spiro atoms. The molecular formula is C18H23NO6. The fourth-order valence-corrected chi connectivity index (χ4v) is 3.03. The zero-order chi connectivity index (χ0) is 18.6. The number of carbonyl (C=O) groups excluding carboxylic acids is 2. The summed E-state index contributed by atoms with van der Waals surface area (Å²) in [6, 6.07) is 9.45. The Labute approximate surface area is 146 Å². The highest BCUT2D eigenvalue weighted by Gasteiger charge is 2.43. The number of hydrogen-bond donors (Lipinski definition) is 0. The van der Waals surface area contributed by atoms with Gasteiger partial charge in [-0.1, -0.05) is 30.3 Å². The van der Waals surface area contributed by atoms with E-state index in [1.807, 2.05) is 44.2 Å². The summed E-state index contributed by atoms with van der Waals surface area (Å²) in [7, 11) is 2.38. The average Bonchev–Trinajstić information content (AvgIpc) is 2.59. The molecule has 0 N–H and O–H groups in total. The number of benzene rings is 1. The Bertz CT molecular complexity index is 651. The van der Waals surface area contributed by atoms with Gasteiger partial charge in [-0.25, -0.2) is 0 Å². The molecule has 0 bridgehead atoms. The molecule has 2 rings (SSSR count). The number of rotatable bonds is 5.